The van der Waals surface area contributed by atoms with Crippen LogP contribution in [-0.2, 0) is 23.2 Å². The van der Waals surface area contributed by atoms with Crippen molar-refractivity contribution in [2.75, 3.05) is 20.6 Å². The maximum Gasteiger partial charge on any atom is 0.278 e. The molecule has 0 aliphatic heterocycles. The van der Waals surface area contributed by atoms with Crippen LogP contribution in [-0.4, -0.2) is 43.0 Å². The molecule has 3 rings (SSSR count). The van der Waals surface area contributed by atoms with Gasteiger partial charge in [0.25, 0.3) is 10.2 Å². The van der Waals surface area contributed by atoms with Crippen LogP contribution in [0.5, 0.6) is 5.75 Å². The molecule has 0 amide bonds. The molecule has 6 nitrogen and oxygen atoms in total. The average Bonchev–Trinajstić information content (AvgIpc) is 2.98. The lowest BCUT2D eigenvalue weighted by Crippen LogP contribution is -2.36. The second-order valence-corrected chi connectivity index (χ2v) is 9.85. The number of nitrogens with one attached hydrogen (secondary N) is 1. The Morgan fingerprint density at radius 3 is 2.52 bits per heavy atom. The lowest BCUT2D eigenvalue weighted by Gasteiger charge is -2.11. The maximum atomic E-state index is 12.0. The highest BCUT2D eigenvalue weighted by Crippen LogP contribution is 2.33. The van der Waals surface area contributed by atoms with Crippen LogP contribution in [0, 0.1) is 5.92 Å². The number of nitrogens with zero attached hydrogens (tertiary/aromatic N) is 2. The molecule has 29 heavy (non-hydrogen) atoms. The predicted octanol–water partition coefficient (Wildman–Crippen LogP) is 3.61. The molecular weight excluding hydrogens is 386 g/mol. The van der Waals surface area contributed by atoms with Gasteiger partial charge in [0.05, 0.1) is 0 Å². The van der Waals surface area contributed by atoms with Crippen LogP contribution < -0.4 is 4.72 Å². The van der Waals surface area contributed by atoms with E-state index in [9.17, 15) is 13.5 Å². The fourth-order valence-electron chi connectivity index (χ4n) is 3.44. The summed E-state index contributed by atoms with van der Waals surface area (Å²) in [5.74, 6) is 0.728. The highest BCUT2D eigenvalue weighted by molar-refractivity contribution is 7.87. The summed E-state index contributed by atoms with van der Waals surface area (Å²) in [5, 5.41) is 11.3. The Balaban J connectivity index is 1.96. The summed E-state index contributed by atoms with van der Waals surface area (Å²) in [6, 6.07) is 13.5. The second kappa shape index (κ2) is 8.57. The zero-order valence-electron chi connectivity index (χ0n) is 17.4. The third-order valence-electron chi connectivity index (χ3n) is 4.90. The van der Waals surface area contributed by atoms with Gasteiger partial charge in [-0.25, -0.2) is 4.72 Å². The highest BCUT2D eigenvalue weighted by Gasteiger charge is 2.15. The van der Waals surface area contributed by atoms with E-state index in [0.717, 1.165) is 34.1 Å². The van der Waals surface area contributed by atoms with Gasteiger partial charge >= 0.3 is 0 Å². The van der Waals surface area contributed by atoms with E-state index in [0.29, 0.717) is 18.9 Å². The Labute approximate surface area is 173 Å². The van der Waals surface area contributed by atoms with Gasteiger partial charge < -0.3 is 9.67 Å². The quantitative estimate of drug-likeness (QED) is 0.590. The van der Waals surface area contributed by atoms with E-state index in [2.05, 4.69) is 41.5 Å². The zero-order valence-corrected chi connectivity index (χ0v) is 18.2. The molecule has 0 radical (unpaired) electrons. The zero-order chi connectivity index (χ0) is 21.2. The Hall–Kier alpha value is -2.35. The molecule has 2 N–H and O–H groups in total. The molecule has 1 aromatic heterocycles. The summed E-state index contributed by atoms with van der Waals surface area (Å²) in [7, 11) is -0.410. The van der Waals surface area contributed by atoms with E-state index < -0.39 is 10.2 Å². The predicted molar refractivity (Wildman–Crippen MR) is 118 cm³/mol. The lowest BCUT2D eigenvalue weighted by atomic mass is 10.0. The topological polar surface area (TPSA) is 74.6 Å². The molecule has 0 bridgehead atoms. The summed E-state index contributed by atoms with van der Waals surface area (Å²) < 4.78 is 29.9. The van der Waals surface area contributed by atoms with Crippen molar-refractivity contribution in [3.63, 3.8) is 0 Å². The maximum absolute atomic E-state index is 12.0. The van der Waals surface area contributed by atoms with Crippen LogP contribution in [0.25, 0.3) is 22.0 Å². The molecule has 0 fully saturated rings. The molecule has 1 heterocycles. The van der Waals surface area contributed by atoms with Crippen molar-refractivity contribution in [1.82, 2.24) is 13.6 Å². The van der Waals surface area contributed by atoms with Crippen LogP contribution in [0.4, 0.5) is 0 Å². The normalized spacial score (nSPS) is 12.3. The van der Waals surface area contributed by atoms with Crippen LogP contribution in [0.1, 0.15) is 19.4 Å². The number of benzene rings is 2. The lowest BCUT2D eigenvalue weighted by molar-refractivity contribution is 0.477. The summed E-state index contributed by atoms with van der Waals surface area (Å²) >= 11 is 0. The smallest absolute Gasteiger partial charge is 0.278 e. The molecule has 0 unspecified atom stereocenters. The van der Waals surface area contributed by atoms with E-state index in [1.807, 2.05) is 24.3 Å². The number of phenolic OH excluding ortho intramolecular Hbond substituents is 1. The minimum atomic E-state index is -3.43. The largest absolute Gasteiger partial charge is 0.507 e. The summed E-state index contributed by atoms with van der Waals surface area (Å²) in [6.45, 7) is 5.54. The molecule has 0 aliphatic carbocycles. The van der Waals surface area contributed by atoms with Gasteiger partial charge in [0.1, 0.15) is 5.75 Å². The minimum absolute atomic E-state index is 0.257. The fraction of sp³-hybridized carbons (Fsp3) is 0.364. The van der Waals surface area contributed by atoms with E-state index in [1.165, 1.54) is 18.4 Å². The molecule has 0 atom stereocenters. The molecule has 3 aromatic rings. The van der Waals surface area contributed by atoms with Gasteiger partial charge in [-0.05, 0) is 35.6 Å². The SMILES string of the molecule is CC(C)Cn1cc(CCNS(=O)(=O)N(C)C)c2ccc(-c3ccccc3O)cc21. The molecule has 0 aliphatic rings. The Morgan fingerprint density at radius 1 is 1.14 bits per heavy atom. The molecule has 7 heteroatoms. The first-order chi connectivity index (χ1) is 13.7. The number of hydrogen-bond donors (Lipinski definition) is 2. The van der Waals surface area contributed by atoms with Crippen LogP contribution in [0.15, 0.2) is 48.7 Å². The van der Waals surface area contributed by atoms with Gasteiger partial charge in [0.15, 0.2) is 0 Å². The Morgan fingerprint density at radius 2 is 1.86 bits per heavy atom. The fourth-order valence-corrected chi connectivity index (χ4v) is 4.06. The first-order valence-corrected chi connectivity index (χ1v) is 11.2. The van der Waals surface area contributed by atoms with Crippen molar-refractivity contribution in [3.8, 4) is 16.9 Å². The summed E-state index contributed by atoms with van der Waals surface area (Å²) in [6.07, 6.45) is 2.72. The second-order valence-electron chi connectivity index (χ2n) is 7.88. The molecule has 2 aromatic carbocycles. The van der Waals surface area contributed by atoms with Gasteiger partial charge in [0, 0.05) is 49.8 Å². The average molecular weight is 416 g/mol. The number of phenols is 1. The number of fused-ring (bicyclic) bond motifs is 1. The minimum Gasteiger partial charge on any atom is -0.507 e. The third-order valence-corrected chi connectivity index (χ3v) is 6.43. The third kappa shape index (κ3) is 4.80. The van der Waals surface area contributed by atoms with Crippen molar-refractivity contribution in [3.05, 3.63) is 54.2 Å². The number of hydrogen-bond acceptors (Lipinski definition) is 3. The first kappa shape index (κ1) is 21.4. The van der Waals surface area contributed by atoms with Crippen LogP contribution >= 0.6 is 0 Å². The molecule has 0 spiro atoms. The summed E-state index contributed by atoms with van der Waals surface area (Å²) in [5.41, 5.74) is 3.95. The van der Waals surface area contributed by atoms with E-state index in [-0.39, 0.29) is 5.75 Å². The molecule has 156 valence electrons. The van der Waals surface area contributed by atoms with Crippen molar-refractivity contribution in [2.24, 2.45) is 5.92 Å². The molecule has 0 saturated carbocycles. The monoisotopic (exact) mass is 415 g/mol. The van der Waals surface area contributed by atoms with Gasteiger partial charge in [0.2, 0.25) is 0 Å². The number of aromatic hydroxyl groups is 1. The van der Waals surface area contributed by atoms with Gasteiger partial charge in [-0.2, -0.15) is 12.7 Å². The van der Waals surface area contributed by atoms with Crippen molar-refractivity contribution in [1.29, 1.82) is 0 Å². The van der Waals surface area contributed by atoms with Gasteiger partial charge in [-0.1, -0.05) is 44.2 Å². The number of rotatable bonds is 8. The number of aromatic nitrogens is 1. The van der Waals surface area contributed by atoms with Gasteiger partial charge in [-0.3, -0.25) is 0 Å². The van der Waals surface area contributed by atoms with E-state index in [4.69, 9.17) is 0 Å². The Bertz CT molecular complexity index is 1100. The van der Waals surface area contributed by atoms with Crippen molar-refractivity contribution >= 4 is 21.1 Å². The van der Waals surface area contributed by atoms with Crippen LogP contribution in [0.2, 0.25) is 0 Å². The molecule has 0 saturated heterocycles. The van der Waals surface area contributed by atoms with E-state index >= 15 is 0 Å². The highest BCUT2D eigenvalue weighted by atomic mass is 32.2. The van der Waals surface area contributed by atoms with Crippen LogP contribution in [0.3, 0.4) is 0 Å². The Kier molecular flexibility index (Phi) is 6.31. The van der Waals surface area contributed by atoms with Crippen molar-refractivity contribution in [2.45, 2.75) is 26.8 Å². The van der Waals surface area contributed by atoms with Gasteiger partial charge in [-0.15, -0.1) is 0 Å². The first-order valence-electron chi connectivity index (χ1n) is 9.76. The standard InChI is InChI=1S/C22H29N3O3S/c1-16(2)14-25-15-18(11-12-23-29(27,28)24(3)4)19-10-9-17(13-21(19)25)20-7-5-6-8-22(20)26/h5-10,13,15-16,23,26H,11-12,14H2,1-4H3. The number of para-hydroxylation sites is 1. The summed E-state index contributed by atoms with van der Waals surface area (Å²) in [4.78, 5) is 0. The van der Waals surface area contributed by atoms with Crippen molar-refractivity contribution < 1.29 is 13.5 Å². The molecular formula is C22H29N3O3S. The van der Waals surface area contributed by atoms with E-state index in [1.54, 1.807) is 6.07 Å².